The summed E-state index contributed by atoms with van der Waals surface area (Å²) >= 11 is 0. The molecular formula is C33H35F4N5O4. The summed E-state index contributed by atoms with van der Waals surface area (Å²) in [5.41, 5.74) is -1.45. The number of amides is 2. The smallest absolute Gasteiger partial charge is 0.417 e. The maximum absolute atomic E-state index is 15.9. The summed E-state index contributed by atoms with van der Waals surface area (Å²) in [5, 5.41) is 2.58. The van der Waals surface area contributed by atoms with Gasteiger partial charge in [-0.05, 0) is 69.3 Å². The molecule has 13 heteroatoms. The first-order valence-corrected chi connectivity index (χ1v) is 14.8. The second-order valence-corrected chi connectivity index (χ2v) is 11.7. The number of anilines is 2. The number of H-pyrrole nitrogens is 1. The maximum Gasteiger partial charge on any atom is 0.417 e. The van der Waals surface area contributed by atoms with Crippen LogP contribution in [0.15, 0.2) is 59.5 Å². The van der Waals surface area contributed by atoms with Gasteiger partial charge < -0.3 is 24.8 Å². The number of carbonyl (C=O) groups is 2. The third kappa shape index (κ3) is 6.79. The van der Waals surface area contributed by atoms with Crippen LogP contribution in [0.3, 0.4) is 0 Å². The highest BCUT2D eigenvalue weighted by Crippen LogP contribution is 2.37. The number of rotatable bonds is 6. The summed E-state index contributed by atoms with van der Waals surface area (Å²) in [4.78, 5) is 45.9. The fourth-order valence-corrected chi connectivity index (χ4v) is 5.87. The van der Waals surface area contributed by atoms with Crippen molar-refractivity contribution in [3.8, 4) is 5.75 Å². The lowest BCUT2D eigenvalue weighted by Crippen LogP contribution is -2.55. The van der Waals surface area contributed by atoms with E-state index in [-0.39, 0.29) is 35.8 Å². The van der Waals surface area contributed by atoms with Crippen LogP contribution in [-0.2, 0) is 6.18 Å². The number of pyridine rings is 1. The minimum Gasteiger partial charge on any atom is -0.497 e. The average molecular weight is 642 g/mol. The second kappa shape index (κ2) is 13.0. The number of piperazine rings is 1. The van der Waals surface area contributed by atoms with Gasteiger partial charge in [0.1, 0.15) is 11.6 Å². The summed E-state index contributed by atoms with van der Waals surface area (Å²) in [6, 6.07) is 9.92. The Morgan fingerprint density at radius 3 is 2.30 bits per heavy atom. The van der Waals surface area contributed by atoms with Crippen molar-refractivity contribution < 1.29 is 31.9 Å². The number of alkyl halides is 3. The third-order valence-electron chi connectivity index (χ3n) is 8.69. The van der Waals surface area contributed by atoms with E-state index in [9.17, 15) is 27.6 Å². The molecule has 244 valence electrons. The van der Waals surface area contributed by atoms with Gasteiger partial charge in [0, 0.05) is 61.7 Å². The number of benzene rings is 2. The summed E-state index contributed by atoms with van der Waals surface area (Å²) in [5.74, 6) is -1.24. The lowest BCUT2D eigenvalue weighted by Gasteiger charge is -2.44. The van der Waals surface area contributed by atoms with Gasteiger partial charge in [-0.1, -0.05) is 6.08 Å². The lowest BCUT2D eigenvalue weighted by molar-refractivity contribution is -0.138. The zero-order chi connectivity index (χ0) is 33.3. The Kier molecular flexibility index (Phi) is 9.24. The van der Waals surface area contributed by atoms with Crippen molar-refractivity contribution in [3.63, 3.8) is 0 Å². The second-order valence-electron chi connectivity index (χ2n) is 11.7. The first-order chi connectivity index (χ1) is 21.8. The Balaban J connectivity index is 1.48. The molecule has 3 heterocycles. The van der Waals surface area contributed by atoms with Crippen molar-refractivity contribution in [2.45, 2.75) is 38.5 Å². The molecule has 2 atom stereocenters. The monoisotopic (exact) mass is 641 g/mol. The van der Waals surface area contributed by atoms with E-state index in [1.165, 1.54) is 19.2 Å². The molecule has 1 saturated heterocycles. The van der Waals surface area contributed by atoms with Crippen molar-refractivity contribution >= 4 is 28.8 Å². The van der Waals surface area contributed by atoms with Gasteiger partial charge in [0.05, 0.1) is 29.6 Å². The molecule has 1 aromatic heterocycles. The number of methoxy groups -OCH3 is 1. The summed E-state index contributed by atoms with van der Waals surface area (Å²) in [6.45, 7) is 5.50. The summed E-state index contributed by atoms with van der Waals surface area (Å²) in [6.07, 6.45) is -2.19. The molecule has 2 amide bonds. The molecule has 1 fully saturated rings. The Morgan fingerprint density at radius 2 is 1.72 bits per heavy atom. The quantitative estimate of drug-likeness (QED) is 0.357. The number of aromatic nitrogens is 1. The van der Waals surface area contributed by atoms with E-state index in [1.54, 1.807) is 35.2 Å². The Bertz CT molecular complexity index is 1710. The fraction of sp³-hybridized carbons (Fsp3) is 0.364. The van der Waals surface area contributed by atoms with Gasteiger partial charge in [-0.3, -0.25) is 19.3 Å². The molecule has 9 nitrogen and oxygen atoms in total. The summed E-state index contributed by atoms with van der Waals surface area (Å²) in [7, 11) is 3.51. The Morgan fingerprint density at radius 1 is 1.04 bits per heavy atom. The number of likely N-dealkylation sites (N-methyl/N-ethyl adjacent to an activating group) is 1. The molecule has 3 aromatic rings. The van der Waals surface area contributed by atoms with Crippen molar-refractivity contribution in [2.75, 3.05) is 50.6 Å². The van der Waals surface area contributed by atoms with Crippen LogP contribution in [0.5, 0.6) is 5.75 Å². The van der Waals surface area contributed by atoms with Crippen LogP contribution in [0, 0.1) is 5.82 Å². The van der Waals surface area contributed by atoms with E-state index in [4.69, 9.17) is 4.74 Å². The van der Waals surface area contributed by atoms with Crippen LogP contribution < -0.4 is 20.5 Å². The van der Waals surface area contributed by atoms with Gasteiger partial charge in [0.25, 0.3) is 11.8 Å². The fourth-order valence-electron chi connectivity index (χ4n) is 5.87. The molecular weight excluding hydrogens is 606 g/mol. The zero-order valence-corrected chi connectivity index (χ0v) is 25.9. The SMILES string of the molecule is COc1ccc(C(=O)N2CC=C(c3cc(NC(=O)c4c[nH]c(=O)cc4C(F)(F)F)c(N4CC(C)N(C)C(C)C4)cc3F)CC2)cc1. The molecule has 0 bridgehead atoms. The van der Waals surface area contributed by atoms with Crippen LogP contribution in [0.2, 0.25) is 0 Å². The van der Waals surface area contributed by atoms with Crippen molar-refractivity contribution in [1.29, 1.82) is 0 Å². The van der Waals surface area contributed by atoms with E-state index in [0.29, 0.717) is 54.7 Å². The first-order valence-electron chi connectivity index (χ1n) is 14.8. The highest BCUT2D eigenvalue weighted by atomic mass is 19.4. The van der Waals surface area contributed by atoms with Crippen LogP contribution in [-0.4, -0.2) is 79.0 Å². The molecule has 0 spiro atoms. The van der Waals surface area contributed by atoms with E-state index in [1.807, 2.05) is 25.8 Å². The number of halogens is 4. The number of carbonyl (C=O) groups excluding carboxylic acids is 2. The van der Waals surface area contributed by atoms with Crippen molar-refractivity contribution in [2.24, 2.45) is 0 Å². The highest BCUT2D eigenvalue weighted by molar-refractivity contribution is 6.07. The number of hydrogen-bond donors (Lipinski definition) is 2. The van der Waals surface area contributed by atoms with Crippen LogP contribution in [0.4, 0.5) is 28.9 Å². The first kappa shape index (κ1) is 32.7. The van der Waals surface area contributed by atoms with E-state index >= 15 is 4.39 Å². The molecule has 2 aliphatic heterocycles. The number of nitrogens with one attached hydrogen (secondary N) is 2. The molecule has 2 N–H and O–H groups in total. The Hall–Kier alpha value is -4.65. The van der Waals surface area contributed by atoms with Crippen LogP contribution in [0.25, 0.3) is 5.57 Å². The molecule has 2 aromatic carbocycles. The minimum atomic E-state index is -4.96. The predicted molar refractivity (Wildman–Crippen MR) is 167 cm³/mol. The average Bonchev–Trinajstić information content (AvgIpc) is 3.03. The van der Waals surface area contributed by atoms with Gasteiger partial charge in [0.15, 0.2) is 0 Å². The van der Waals surface area contributed by atoms with Gasteiger partial charge >= 0.3 is 6.18 Å². The van der Waals surface area contributed by atoms with Crippen LogP contribution in [0.1, 0.15) is 52.1 Å². The predicted octanol–water partition coefficient (Wildman–Crippen LogP) is 5.25. The molecule has 2 unspecified atom stereocenters. The van der Waals surface area contributed by atoms with Gasteiger partial charge in [0.2, 0.25) is 5.56 Å². The third-order valence-corrected chi connectivity index (χ3v) is 8.69. The lowest BCUT2D eigenvalue weighted by atomic mass is 9.96. The molecule has 0 aliphatic carbocycles. The van der Waals surface area contributed by atoms with E-state index < -0.39 is 34.6 Å². The van der Waals surface area contributed by atoms with Crippen molar-refractivity contribution in [1.82, 2.24) is 14.8 Å². The zero-order valence-electron chi connectivity index (χ0n) is 25.9. The molecule has 2 aliphatic rings. The molecule has 0 saturated carbocycles. The van der Waals surface area contributed by atoms with Crippen molar-refractivity contribution in [3.05, 3.63) is 93.2 Å². The van der Waals surface area contributed by atoms with E-state index in [0.717, 1.165) is 6.20 Å². The van der Waals surface area contributed by atoms with E-state index in [2.05, 4.69) is 15.2 Å². The number of aromatic amines is 1. The number of hydrogen-bond acceptors (Lipinski definition) is 6. The summed E-state index contributed by atoms with van der Waals surface area (Å²) < 4.78 is 62.4. The molecule has 5 rings (SSSR count). The normalized spacial score (nSPS) is 19.1. The topological polar surface area (TPSA) is 98.0 Å². The van der Waals surface area contributed by atoms with Gasteiger partial charge in [-0.25, -0.2) is 4.39 Å². The van der Waals surface area contributed by atoms with Gasteiger partial charge in [-0.15, -0.1) is 0 Å². The van der Waals surface area contributed by atoms with Gasteiger partial charge in [-0.2, -0.15) is 13.2 Å². The van der Waals surface area contributed by atoms with Crippen LogP contribution >= 0.6 is 0 Å². The minimum absolute atomic E-state index is 0.0707. The highest BCUT2D eigenvalue weighted by Gasteiger charge is 2.36. The largest absolute Gasteiger partial charge is 0.497 e. The molecule has 0 radical (unpaired) electrons. The maximum atomic E-state index is 15.9. The number of ether oxygens (including phenoxy) is 1. The number of nitrogens with zero attached hydrogens (tertiary/aromatic N) is 3. The Labute approximate surface area is 263 Å². The molecule has 46 heavy (non-hydrogen) atoms. The standard InChI is InChI=1S/C33H35F4N5O4/c1-19-17-42(18-20(2)40(19)3)29-15-27(34)24(13-28(29)39-31(44)25-16-38-30(43)14-26(25)33(35,36)37)21-9-11-41(12-10-21)32(45)22-5-7-23(46-4)8-6-22/h5-9,13-16,19-20H,10-12,17-18H2,1-4H3,(H,38,43)(H,39,44).